The molecule has 1 aromatic carbocycles. The van der Waals surface area contributed by atoms with Gasteiger partial charge in [0, 0.05) is 18.8 Å². The number of nitrogen functional groups attached to an aromatic ring is 1. The zero-order valence-electron chi connectivity index (χ0n) is 10.2. The molecule has 0 atom stereocenters. The molecule has 0 aliphatic carbocycles. The predicted molar refractivity (Wildman–Crippen MR) is 64.6 cm³/mol. The van der Waals surface area contributed by atoms with E-state index < -0.39 is 0 Å². The lowest BCUT2D eigenvalue weighted by Crippen LogP contribution is -2.33. The number of rotatable bonds is 3. The molecule has 0 aromatic heterocycles. The number of anilines is 1. The molecule has 0 spiro atoms. The summed E-state index contributed by atoms with van der Waals surface area (Å²) in [6.07, 6.45) is 0. The maximum Gasteiger partial charge on any atom is 0.257 e. The van der Waals surface area contributed by atoms with Crippen LogP contribution in [0.25, 0.3) is 0 Å². The van der Waals surface area contributed by atoms with E-state index in [9.17, 15) is 4.79 Å². The molecule has 1 amide bonds. The van der Waals surface area contributed by atoms with Crippen molar-refractivity contribution < 1.29 is 9.53 Å². The highest BCUT2D eigenvalue weighted by atomic mass is 16.5. The van der Waals surface area contributed by atoms with E-state index in [0.717, 1.165) is 0 Å². The third-order valence-corrected chi connectivity index (χ3v) is 2.55. The van der Waals surface area contributed by atoms with Crippen LogP contribution in [0.4, 0.5) is 5.69 Å². The van der Waals surface area contributed by atoms with Crippen LogP contribution in [0.15, 0.2) is 18.2 Å². The predicted octanol–water partition coefficient (Wildman–Crippen LogP) is 1.76. The van der Waals surface area contributed by atoms with E-state index in [1.54, 1.807) is 30.1 Å². The number of carbonyl (C=O) groups excluding carboxylic acids is 1. The van der Waals surface area contributed by atoms with Crippen molar-refractivity contribution in [1.82, 2.24) is 4.90 Å². The molecule has 4 nitrogen and oxygen atoms in total. The standard InChI is InChI=1S/C12H18N2O2/c1-8(2)14(3)12(15)10-7-9(13)5-6-11(10)16-4/h5-8H,13H2,1-4H3. The molecule has 0 radical (unpaired) electrons. The first kappa shape index (κ1) is 12.4. The van der Waals surface area contributed by atoms with E-state index in [1.165, 1.54) is 7.11 Å². The zero-order chi connectivity index (χ0) is 12.3. The average molecular weight is 222 g/mol. The molecule has 0 saturated carbocycles. The lowest BCUT2D eigenvalue weighted by atomic mass is 10.1. The lowest BCUT2D eigenvalue weighted by molar-refractivity contribution is 0.0751. The van der Waals surface area contributed by atoms with Gasteiger partial charge in [-0.1, -0.05) is 0 Å². The molecule has 2 N–H and O–H groups in total. The van der Waals surface area contributed by atoms with Crippen molar-refractivity contribution in [2.24, 2.45) is 0 Å². The quantitative estimate of drug-likeness (QED) is 0.793. The fourth-order valence-electron chi connectivity index (χ4n) is 1.32. The first-order valence-corrected chi connectivity index (χ1v) is 5.18. The summed E-state index contributed by atoms with van der Waals surface area (Å²) in [5.74, 6) is 0.464. The van der Waals surface area contributed by atoms with Gasteiger partial charge in [0.15, 0.2) is 0 Å². The summed E-state index contributed by atoms with van der Waals surface area (Å²) >= 11 is 0. The number of ether oxygens (including phenoxy) is 1. The molecule has 4 heteroatoms. The van der Waals surface area contributed by atoms with Crippen molar-refractivity contribution in [2.45, 2.75) is 19.9 Å². The molecule has 0 fully saturated rings. The Hall–Kier alpha value is -1.71. The minimum absolute atomic E-state index is 0.0841. The summed E-state index contributed by atoms with van der Waals surface area (Å²) in [7, 11) is 3.30. The highest BCUT2D eigenvalue weighted by Crippen LogP contribution is 2.22. The molecule has 0 heterocycles. The van der Waals surface area contributed by atoms with Gasteiger partial charge in [-0.05, 0) is 32.0 Å². The maximum absolute atomic E-state index is 12.1. The van der Waals surface area contributed by atoms with Gasteiger partial charge in [0.05, 0.1) is 12.7 Å². The summed E-state index contributed by atoms with van der Waals surface area (Å²) < 4.78 is 5.15. The molecule has 0 unspecified atom stereocenters. The monoisotopic (exact) mass is 222 g/mol. The SMILES string of the molecule is COc1ccc(N)cc1C(=O)N(C)C(C)C. The largest absolute Gasteiger partial charge is 0.496 e. The van der Waals surface area contributed by atoms with Gasteiger partial charge in [-0.15, -0.1) is 0 Å². The van der Waals surface area contributed by atoms with E-state index in [2.05, 4.69) is 0 Å². The van der Waals surface area contributed by atoms with Gasteiger partial charge in [-0.2, -0.15) is 0 Å². The Morgan fingerprint density at radius 1 is 1.44 bits per heavy atom. The second kappa shape index (κ2) is 4.88. The minimum Gasteiger partial charge on any atom is -0.496 e. The summed E-state index contributed by atoms with van der Waals surface area (Å²) in [4.78, 5) is 13.8. The minimum atomic E-state index is -0.0841. The van der Waals surface area contributed by atoms with Gasteiger partial charge in [0.25, 0.3) is 5.91 Å². The Morgan fingerprint density at radius 3 is 2.56 bits per heavy atom. The van der Waals surface area contributed by atoms with E-state index in [-0.39, 0.29) is 11.9 Å². The molecule has 1 rings (SSSR count). The van der Waals surface area contributed by atoms with Gasteiger partial charge >= 0.3 is 0 Å². The van der Waals surface area contributed by atoms with E-state index in [0.29, 0.717) is 17.0 Å². The van der Waals surface area contributed by atoms with Crippen molar-refractivity contribution in [2.75, 3.05) is 19.9 Å². The van der Waals surface area contributed by atoms with E-state index >= 15 is 0 Å². The second-order valence-electron chi connectivity index (χ2n) is 3.97. The smallest absolute Gasteiger partial charge is 0.257 e. The Bertz CT molecular complexity index is 389. The number of carbonyl (C=O) groups is 1. The van der Waals surface area contributed by atoms with E-state index in [4.69, 9.17) is 10.5 Å². The Morgan fingerprint density at radius 2 is 2.06 bits per heavy atom. The molecule has 16 heavy (non-hydrogen) atoms. The van der Waals surface area contributed by atoms with Crippen LogP contribution in [0.2, 0.25) is 0 Å². The third-order valence-electron chi connectivity index (χ3n) is 2.55. The van der Waals surface area contributed by atoms with Crippen LogP contribution in [0.5, 0.6) is 5.75 Å². The second-order valence-corrected chi connectivity index (χ2v) is 3.97. The highest BCUT2D eigenvalue weighted by molar-refractivity contribution is 5.97. The van der Waals surface area contributed by atoms with Crippen LogP contribution in [0, 0.1) is 0 Å². The summed E-state index contributed by atoms with van der Waals surface area (Å²) in [5, 5.41) is 0. The van der Waals surface area contributed by atoms with Gasteiger partial charge in [-0.3, -0.25) is 4.79 Å². The van der Waals surface area contributed by atoms with Crippen LogP contribution >= 0.6 is 0 Å². The first-order chi connectivity index (χ1) is 7.47. The Kier molecular flexibility index (Phi) is 3.77. The molecule has 88 valence electrons. The Labute approximate surface area is 96.0 Å². The van der Waals surface area contributed by atoms with Crippen LogP contribution in [-0.4, -0.2) is 31.0 Å². The summed E-state index contributed by atoms with van der Waals surface area (Å²) in [6.45, 7) is 3.91. The molecule has 0 saturated heterocycles. The van der Waals surface area contributed by atoms with Crippen LogP contribution in [-0.2, 0) is 0 Å². The van der Waals surface area contributed by atoms with Crippen molar-refractivity contribution >= 4 is 11.6 Å². The summed E-state index contributed by atoms with van der Waals surface area (Å²) in [6, 6.07) is 5.19. The number of hydrogen-bond donors (Lipinski definition) is 1. The fourth-order valence-corrected chi connectivity index (χ4v) is 1.32. The fraction of sp³-hybridized carbons (Fsp3) is 0.417. The molecule has 0 aliphatic rings. The first-order valence-electron chi connectivity index (χ1n) is 5.18. The normalized spacial score (nSPS) is 10.3. The summed E-state index contributed by atoms with van der Waals surface area (Å²) in [5.41, 5.74) is 6.73. The Balaban J connectivity index is 3.11. The number of nitrogens with two attached hydrogens (primary N) is 1. The molecular weight excluding hydrogens is 204 g/mol. The third kappa shape index (κ3) is 2.45. The zero-order valence-corrected chi connectivity index (χ0v) is 10.2. The van der Waals surface area contributed by atoms with Crippen molar-refractivity contribution in [3.63, 3.8) is 0 Å². The van der Waals surface area contributed by atoms with Crippen LogP contribution < -0.4 is 10.5 Å². The lowest BCUT2D eigenvalue weighted by Gasteiger charge is -2.22. The van der Waals surface area contributed by atoms with Crippen molar-refractivity contribution in [1.29, 1.82) is 0 Å². The van der Waals surface area contributed by atoms with Gasteiger partial charge in [0.1, 0.15) is 5.75 Å². The number of benzene rings is 1. The molecular formula is C12H18N2O2. The maximum atomic E-state index is 12.1. The van der Waals surface area contributed by atoms with Gasteiger partial charge in [0.2, 0.25) is 0 Å². The number of hydrogen-bond acceptors (Lipinski definition) is 3. The van der Waals surface area contributed by atoms with Gasteiger partial charge < -0.3 is 15.4 Å². The number of amides is 1. The van der Waals surface area contributed by atoms with E-state index in [1.807, 2.05) is 13.8 Å². The van der Waals surface area contributed by atoms with Crippen molar-refractivity contribution in [3.8, 4) is 5.75 Å². The molecule has 0 aliphatic heterocycles. The van der Waals surface area contributed by atoms with Crippen molar-refractivity contribution in [3.05, 3.63) is 23.8 Å². The highest BCUT2D eigenvalue weighted by Gasteiger charge is 2.18. The van der Waals surface area contributed by atoms with Crippen LogP contribution in [0.3, 0.4) is 0 Å². The molecule has 0 bridgehead atoms. The average Bonchev–Trinajstić information content (AvgIpc) is 2.26. The number of nitrogens with zero attached hydrogens (tertiary/aromatic N) is 1. The van der Waals surface area contributed by atoms with Crippen LogP contribution in [0.1, 0.15) is 24.2 Å². The van der Waals surface area contributed by atoms with Gasteiger partial charge in [-0.25, -0.2) is 0 Å². The topological polar surface area (TPSA) is 55.6 Å². The molecule has 1 aromatic rings. The number of methoxy groups -OCH3 is 1.